The van der Waals surface area contributed by atoms with Gasteiger partial charge >= 0.3 is 35.7 Å². The third-order valence-corrected chi connectivity index (χ3v) is 2.38. The van der Waals surface area contributed by atoms with Crippen molar-refractivity contribution in [3.63, 3.8) is 0 Å². The third kappa shape index (κ3) is 4.42. The highest BCUT2D eigenvalue weighted by Gasteiger charge is 2.87. The van der Waals surface area contributed by atoms with E-state index in [2.05, 4.69) is 19.2 Å². The maximum absolute atomic E-state index is 12.6. The van der Waals surface area contributed by atoms with Crippen LogP contribution in [-0.2, 0) is 4.79 Å². The van der Waals surface area contributed by atoms with Gasteiger partial charge in [0.15, 0.2) is 0 Å². The second-order valence-corrected chi connectivity index (χ2v) is 4.16. The smallest absolute Gasteiger partial charge is 0.460 e. The van der Waals surface area contributed by atoms with E-state index in [1.54, 1.807) is 0 Å². The first-order valence-corrected chi connectivity index (χ1v) is 5.95. The topological polar surface area (TPSA) is 89.8 Å². The van der Waals surface area contributed by atoms with Crippen LogP contribution in [0.3, 0.4) is 0 Å². The number of carbonyl (C=O) groups is 1. The van der Waals surface area contributed by atoms with Gasteiger partial charge in [0, 0.05) is 0 Å². The Balaban J connectivity index is 0. The lowest BCUT2D eigenvalue weighted by atomic mass is 9.96. The van der Waals surface area contributed by atoms with Gasteiger partial charge in [-0.2, -0.15) is 39.5 Å². The summed E-state index contributed by atoms with van der Waals surface area (Å²) in [6.07, 6.45) is -7.19. The minimum Gasteiger partial charge on any atom is -0.477 e. The maximum atomic E-state index is 12.6. The second kappa shape index (κ2) is 7.74. The molecule has 0 aliphatic heterocycles. The van der Waals surface area contributed by atoms with Gasteiger partial charge in [0.05, 0.1) is 0 Å². The predicted octanol–water partition coefficient (Wildman–Crippen LogP) is 1.84. The van der Waals surface area contributed by atoms with Gasteiger partial charge in [-0.1, -0.05) is 13.8 Å². The van der Waals surface area contributed by atoms with E-state index in [1.807, 2.05) is 0 Å². The van der Waals surface area contributed by atoms with E-state index < -0.39 is 35.7 Å². The van der Waals surface area contributed by atoms with E-state index in [0.717, 1.165) is 13.1 Å². The molecule has 0 aromatic heterocycles. The summed E-state index contributed by atoms with van der Waals surface area (Å²) in [7, 11) is 0. The number of aliphatic carboxylic acids is 1. The molecule has 0 unspecified atom stereocenters. The molecule has 4 N–H and O–H groups in total. The van der Waals surface area contributed by atoms with Crippen LogP contribution >= 0.6 is 0 Å². The summed E-state index contributed by atoms with van der Waals surface area (Å²) in [5, 5.41) is 27.1. The van der Waals surface area contributed by atoms with Gasteiger partial charge in [-0.15, -0.1) is 0 Å². The van der Waals surface area contributed by atoms with Gasteiger partial charge in [-0.3, -0.25) is 0 Å². The highest BCUT2D eigenvalue weighted by atomic mass is 19.4. The van der Waals surface area contributed by atoms with Crippen LogP contribution in [0.25, 0.3) is 0 Å². The average Bonchev–Trinajstić information content (AvgIpc) is 2.38. The van der Waals surface area contributed by atoms with Crippen LogP contribution in [-0.4, -0.2) is 64.1 Å². The summed E-state index contributed by atoms with van der Waals surface area (Å²) < 4.78 is 110. The first kappa shape index (κ1) is 25.0. The van der Waals surface area contributed by atoms with Gasteiger partial charge < -0.3 is 20.6 Å². The molecule has 0 aromatic rings. The number of carboxylic acids is 1. The molecule has 0 spiro atoms. The summed E-state index contributed by atoms with van der Waals surface area (Å²) in [4.78, 5) is 9.85. The maximum Gasteiger partial charge on any atom is 0.460 e. The Morgan fingerprint density at radius 3 is 1.29 bits per heavy atom. The fourth-order valence-corrected chi connectivity index (χ4v) is 0.978. The SMILES string of the molecule is CCNCC.O=C(O)C(O)(O)C(F)(F)C(F)(F)C(F)(F)C(F)(F)F. The molecular formula is C10H14F9NO4. The van der Waals surface area contributed by atoms with Gasteiger partial charge in [-0.25, -0.2) is 4.79 Å². The quantitative estimate of drug-likeness (QED) is 0.415. The highest BCUT2D eigenvalue weighted by molar-refractivity contribution is 5.76. The molecule has 0 heterocycles. The fourth-order valence-electron chi connectivity index (χ4n) is 0.978. The minimum atomic E-state index is -7.43. The van der Waals surface area contributed by atoms with E-state index in [0.29, 0.717) is 0 Å². The number of hydrogen-bond acceptors (Lipinski definition) is 4. The van der Waals surface area contributed by atoms with Crippen molar-refractivity contribution in [1.82, 2.24) is 5.32 Å². The molecular weight excluding hydrogens is 369 g/mol. The van der Waals surface area contributed by atoms with Crippen LogP contribution in [0.1, 0.15) is 13.8 Å². The van der Waals surface area contributed by atoms with Crippen molar-refractivity contribution in [2.75, 3.05) is 13.1 Å². The molecule has 0 amide bonds. The second-order valence-electron chi connectivity index (χ2n) is 4.16. The number of carboxylic acid groups (broad SMARTS) is 1. The largest absolute Gasteiger partial charge is 0.477 e. The monoisotopic (exact) mass is 383 g/mol. The lowest BCUT2D eigenvalue weighted by molar-refractivity contribution is -0.433. The normalized spacial score (nSPS) is 14.0. The summed E-state index contributed by atoms with van der Waals surface area (Å²) in [5.41, 5.74) is 0. The first-order valence-electron chi connectivity index (χ1n) is 5.95. The standard InChI is InChI=1S/C6H3F9O4.C4H11N/c7-3(8,2(18,19)1(16)17)4(9,10)5(11,12)6(13,14)15;1-3-5-4-2/h18-19H,(H,16,17);5H,3-4H2,1-2H3. The summed E-state index contributed by atoms with van der Waals surface area (Å²) >= 11 is 0. The van der Waals surface area contributed by atoms with Crippen molar-refractivity contribution in [2.24, 2.45) is 0 Å². The van der Waals surface area contributed by atoms with E-state index in [1.165, 1.54) is 0 Å². The van der Waals surface area contributed by atoms with E-state index in [9.17, 15) is 44.3 Å². The van der Waals surface area contributed by atoms with E-state index >= 15 is 0 Å². The average molecular weight is 383 g/mol. The van der Waals surface area contributed by atoms with Crippen molar-refractivity contribution in [1.29, 1.82) is 0 Å². The molecule has 0 aliphatic carbocycles. The van der Waals surface area contributed by atoms with Crippen molar-refractivity contribution in [2.45, 2.75) is 43.6 Å². The van der Waals surface area contributed by atoms with E-state index in [4.69, 9.17) is 15.3 Å². The number of nitrogens with one attached hydrogen (secondary N) is 1. The summed E-state index contributed by atoms with van der Waals surface area (Å²) in [5.74, 6) is -31.3. The van der Waals surface area contributed by atoms with Crippen molar-refractivity contribution < 1.29 is 59.6 Å². The Hall–Kier alpha value is -1.28. The number of hydrogen-bond donors (Lipinski definition) is 4. The van der Waals surface area contributed by atoms with Crippen LogP contribution in [0.4, 0.5) is 39.5 Å². The van der Waals surface area contributed by atoms with Crippen molar-refractivity contribution in [3.8, 4) is 0 Å². The molecule has 0 fully saturated rings. The number of halogens is 9. The lowest BCUT2D eigenvalue weighted by Gasteiger charge is -2.37. The van der Waals surface area contributed by atoms with Crippen LogP contribution in [0.5, 0.6) is 0 Å². The molecule has 14 heteroatoms. The molecule has 0 rings (SSSR count). The van der Waals surface area contributed by atoms with Crippen LogP contribution < -0.4 is 5.32 Å². The van der Waals surface area contributed by atoms with Gasteiger partial charge in [0.2, 0.25) is 0 Å². The summed E-state index contributed by atoms with van der Waals surface area (Å²) in [6.45, 7) is 6.39. The number of rotatable bonds is 6. The highest BCUT2D eigenvalue weighted by Crippen LogP contribution is 2.55. The fraction of sp³-hybridized carbons (Fsp3) is 0.900. The molecule has 0 atom stereocenters. The molecule has 0 saturated heterocycles. The van der Waals surface area contributed by atoms with Crippen molar-refractivity contribution in [3.05, 3.63) is 0 Å². The Morgan fingerprint density at radius 1 is 0.792 bits per heavy atom. The number of aliphatic hydroxyl groups is 2. The van der Waals surface area contributed by atoms with E-state index in [-0.39, 0.29) is 0 Å². The number of alkyl halides is 9. The van der Waals surface area contributed by atoms with Gasteiger partial charge in [-0.05, 0) is 13.1 Å². The molecule has 0 bridgehead atoms. The van der Waals surface area contributed by atoms with Gasteiger partial charge in [0.1, 0.15) is 0 Å². The molecule has 146 valence electrons. The van der Waals surface area contributed by atoms with Crippen LogP contribution in [0, 0.1) is 0 Å². The Labute approximate surface area is 129 Å². The van der Waals surface area contributed by atoms with Crippen LogP contribution in [0.15, 0.2) is 0 Å². The van der Waals surface area contributed by atoms with Crippen molar-refractivity contribution >= 4 is 5.97 Å². The molecule has 0 radical (unpaired) electrons. The molecule has 0 aliphatic rings. The Bertz CT molecular complexity index is 421. The zero-order valence-corrected chi connectivity index (χ0v) is 12.1. The Morgan fingerprint density at radius 2 is 1.12 bits per heavy atom. The van der Waals surface area contributed by atoms with Crippen LogP contribution in [0.2, 0.25) is 0 Å². The molecule has 24 heavy (non-hydrogen) atoms. The summed E-state index contributed by atoms with van der Waals surface area (Å²) in [6, 6.07) is 0. The first-order chi connectivity index (χ1) is 10.4. The lowest BCUT2D eigenvalue weighted by Crippen LogP contribution is -2.70. The zero-order chi connectivity index (χ0) is 20.2. The zero-order valence-electron chi connectivity index (χ0n) is 12.1. The van der Waals surface area contributed by atoms with Gasteiger partial charge in [0.25, 0.3) is 0 Å². The third-order valence-electron chi connectivity index (χ3n) is 2.38. The molecule has 5 nitrogen and oxygen atoms in total. The molecule has 0 aromatic carbocycles. The minimum absolute atomic E-state index is 1.09. The Kier molecular flexibility index (Phi) is 8.05. The predicted molar refractivity (Wildman–Crippen MR) is 59.9 cm³/mol. The molecule has 0 saturated carbocycles.